The number of likely N-dealkylation sites (tertiary alicyclic amines) is 1. The fraction of sp³-hybridized carbons (Fsp3) is 0.560. The van der Waals surface area contributed by atoms with Crippen LogP contribution in [0.25, 0.3) is 33.5 Å². The van der Waals surface area contributed by atoms with Gasteiger partial charge in [0.25, 0.3) is 5.91 Å². The molecule has 8 rings (SSSR count). The molecule has 126 heavy (non-hydrogen) atoms. The molecule has 2 fully saturated rings. The summed E-state index contributed by atoms with van der Waals surface area (Å²) >= 11 is 6.42. The molecule has 0 saturated carbocycles. The van der Waals surface area contributed by atoms with Gasteiger partial charge in [-0.2, -0.15) is 0 Å². The number of methoxy groups -OCH3 is 1. The van der Waals surface area contributed by atoms with Gasteiger partial charge in [-0.05, 0) is 142 Å². The zero-order valence-electron chi connectivity index (χ0n) is 75.3. The fourth-order valence-electron chi connectivity index (χ4n) is 16.2. The summed E-state index contributed by atoms with van der Waals surface area (Å²) in [7, 11) is 4.51. The lowest BCUT2D eigenvalue weighted by atomic mass is 9.89. The summed E-state index contributed by atoms with van der Waals surface area (Å²) < 4.78 is 32.9. The van der Waals surface area contributed by atoms with Crippen LogP contribution in [0.4, 0.5) is 31.2 Å². The number of piperidine rings is 1. The highest BCUT2D eigenvalue weighted by Crippen LogP contribution is 2.44. The number of carbonyl (C=O) groups is 10. The van der Waals surface area contributed by atoms with Crippen LogP contribution in [0.2, 0.25) is 5.02 Å². The zero-order chi connectivity index (χ0) is 92.2. The van der Waals surface area contributed by atoms with Crippen molar-refractivity contribution in [2.24, 2.45) is 46.8 Å². The monoisotopic (exact) mass is 1770 g/mol. The van der Waals surface area contributed by atoms with E-state index in [1.165, 1.54) is 49.4 Å². The molecule has 2 saturated heterocycles. The molecular weight excluding hydrogens is 1640 g/mol. The van der Waals surface area contributed by atoms with Crippen molar-refractivity contribution in [2.45, 2.75) is 208 Å². The molecule has 690 valence electrons. The second kappa shape index (κ2) is 48.9. The van der Waals surface area contributed by atoms with E-state index in [9.17, 15) is 53.1 Å². The molecule has 2 aliphatic rings. The normalized spacial score (nSPS) is 16.0. The number of fused-ring (bicyclic) bond motifs is 1. The second-order valence-corrected chi connectivity index (χ2v) is 34.6. The Morgan fingerprint density at radius 1 is 0.762 bits per heavy atom. The van der Waals surface area contributed by atoms with Crippen LogP contribution >= 0.6 is 11.6 Å². The Labute approximate surface area is 743 Å². The molecule has 0 radical (unpaired) electrons. The molecule has 2 aliphatic heterocycles. The highest BCUT2D eigenvalue weighted by Gasteiger charge is 2.43. The summed E-state index contributed by atoms with van der Waals surface area (Å²) in [5, 5.41) is 37.8. The van der Waals surface area contributed by atoms with E-state index in [-0.39, 0.29) is 111 Å². The zero-order valence-corrected chi connectivity index (χ0v) is 76.1. The van der Waals surface area contributed by atoms with Crippen molar-refractivity contribution in [1.82, 2.24) is 66.9 Å². The predicted molar refractivity (Wildman–Crippen MR) is 485 cm³/mol. The molecule has 35 heteroatoms. The Balaban J connectivity index is 0.849. The Kier molecular flexibility index (Phi) is 39.1. The number of primary amides is 1. The number of carbonyl (C=O) groups excluding carboxylic acids is 10. The number of nitrogens with zero attached hydrogens (tertiary/aromatic N) is 6. The van der Waals surface area contributed by atoms with Crippen LogP contribution < -0.4 is 70.0 Å². The van der Waals surface area contributed by atoms with Crippen LogP contribution in [-0.2, 0) is 54.4 Å². The molecule has 6 aromatic rings. The van der Waals surface area contributed by atoms with Crippen LogP contribution in [0.5, 0.6) is 0 Å². The van der Waals surface area contributed by atoms with Crippen molar-refractivity contribution in [1.29, 1.82) is 0 Å². The largest absolute Gasteiger partial charge is 0.445 e. The Hall–Kier alpha value is -10.6. The number of likely N-dealkylation sites (N-methyl/N-ethyl adjacent to an activating group) is 2. The van der Waals surface area contributed by atoms with E-state index in [1.807, 2.05) is 64.1 Å². The number of H-pyrrole nitrogens is 1. The summed E-state index contributed by atoms with van der Waals surface area (Å²) in [4.78, 5) is 160. The number of hydrogen-bond donors (Lipinski definition) is 14. The third-order valence-electron chi connectivity index (χ3n) is 23.4. The summed E-state index contributed by atoms with van der Waals surface area (Å²) in [6.45, 7) is 22.9. The number of aryl methyl sites for hydroxylation is 1. The molecule has 0 unspecified atom stereocenters. The summed E-state index contributed by atoms with van der Waals surface area (Å²) in [5.74, 6) is -5.45. The van der Waals surface area contributed by atoms with Gasteiger partial charge in [0.1, 0.15) is 48.2 Å². The maximum absolute atomic E-state index is 15.1. The number of urea groups is 1. The smallest absolute Gasteiger partial charge is 0.410 e. The lowest BCUT2D eigenvalue weighted by Gasteiger charge is -2.40. The third-order valence-corrected chi connectivity index (χ3v) is 23.6. The number of aliphatic hydroxyl groups excluding tert-OH is 1. The van der Waals surface area contributed by atoms with Crippen molar-refractivity contribution in [2.75, 3.05) is 109 Å². The van der Waals surface area contributed by atoms with Crippen LogP contribution in [-0.4, -0.2) is 242 Å². The van der Waals surface area contributed by atoms with Crippen molar-refractivity contribution in [3.8, 4) is 22.5 Å². The quantitative estimate of drug-likeness (QED) is 0.0159. The first kappa shape index (κ1) is 101. The average Bonchev–Trinajstić information content (AvgIpc) is 1.47. The van der Waals surface area contributed by atoms with Gasteiger partial charge in [0.15, 0.2) is 0 Å². The van der Waals surface area contributed by atoms with Crippen molar-refractivity contribution >= 4 is 99.2 Å². The summed E-state index contributed by atoms with van der Waals surface area (Å²) in [6.07, 6.45) is 3.05. The number of ether oxygens (including phenoxy) is 3. The van der Waals surface area contributed by atoms with Crippen LogP contribution in [0.15, 0.2) is 91.1 Å². The number of hydrogen-bond acceptors (Lipinski definition) is 21. The Morgan fingerprint density at radius 3 is 2.15 bits per heavy atom. The highest BCUT2D eigenvalue weighted by atomic mass is 35.5. The maximum atomic E-state index is 15.1. The minimum Gasteiger partial charge on any atom is -0.445 e. The average molecular weight is 1770 g/mol. The van der Waals surface area contributed by atoms with E-state index in [4.69, 9.17) is 53.0 Å². The molecule has 0 spiro atoms. The SMILES string of the molecule is CC[C@H](C)[C@@H]([C@@H](CC(=O)N1CCC[C@H]1C[C@@H](C)C(=O)N[C@H](C)[C@@H](O)c1ccccc1)OC)N(C)C(=O)[C@@H](NC(=O)[C@H](C(C)C)N(C)C(=O)OCc1ccc(NC(=O)[C@H](CCCNC(N)=O)NC(=O)[C@@H](NC(=O)CCOCCNCCNc2ncc(-c3cc(C)cc(F)c3)c(N3CCC(N)CC3)c2-c2nc3ccc(Cl)cc3[nH]2)C(C)C)cc1C(=O)NCCN)C(C)C. The number of aliphatic hydroxyl groups is 1. The number of anilines is 3. The van der Waals surface area contributed by atoms with Crippen LogP contribution in [0, 0.1) is 42.3 Å². The molecule has 17 N–H and O–H groups in total. The van der Waals surface area contributed by atoms with E-state index in [0.29, 0.717) is 97.4 Å². The van der Waals surface area contributed by atoms with Gasteiger partial charge in [0.2, 0.25) is 41.4 Å². The second-order valence-electron chi connectivity index (χ2n) is 34.1. The number of rotatable bonds is 47. The van der Waals surface area contributed by atoms with Crippen LogP contribution in [0.3, 0.4) is 0 Å². The van der Waals surface area contributed by atoms with Gasteiger partial charge in [0, 0.05) is 138 Å². The minimum atomic E-state index is -1.27. The standard InChI is InChI=1S/C91H133ClFN19O14/c1-15-56(9)79(72(124-14)49-74(114)112-38-20-23-66(112)45-57(10)84(116)102-58(11)81(115)59-21-17-16-18-22-59)109(12)89(121)77(53(4)5)108-88(120)78(54(6)7)110(13)91(123)126-51-60-25-27-65(48-67(60)85(117)99-34-32-94)103-86(118)70(24-19-33-100-90(96)122)106-87(119)76(52(2)3)107-73(113)31-41-125-42-37-97-35-36-98-82-75(83-104-69-28-26-62(92)47-71(69)105-83)80(111-39-29-64(95)30-40-111)68(50-101-82)61-43-55(8)44-63(93)46-61/h16-18,21-22,25-28,43-44,46-48,50,52-54,56-58,64,66,70,72,76-79,81,97,115H,15,19-20,23-24,29-42,45,49,51,94-95H2,1-14H3,(H,98,101)(H,99,117)(H,102,116)(H,103,118)(H,104,105)(H,106,119)(H,107,113)(H,108,120)(H3,96,100,122)/t56-,57+,58+,66-,70-,72+,76-,77-,78-,79-,81+/m0/s1. The van der Waals surface area contributed by atoms with E-state index in [2.05, 4.69) is 57.7 Å². The summed E-state index contributed by atoms with van der Waals surface area (Å²) in [5.41, 5.74) is 23.7. The van der Waals surface area contributed by atoms with Gasteiger partial charge in [0.05, 0.1) is 66.2 Å². The number of nitrogens with two attached hydrogens (primary N) is 3. The van der Waals surface area contributed by atoms with Gasteiger partial charge in [-0.1, -0.05) is 123 Å². The molecule has 4 heterocycles. The van der Waals surface area contributed by atoms with Crippen molar-refractivity contribution < 1.29 is 71.7 Å². The lowest BCUT2D eigenvalue weighted by Crippen LogP contribution is -2.60. The van der Waals surface area contributed by atoms with Gasteiger partial charge in [-0.25, -0.2) is 23.9 Å². The highest BCUT2D eigenvalue weighted by molar-refractivity contribution is 6.31. The predicted octanol–water partition coefficient (Wildman–Crippen LogP) is 8.40. The lowest BCUT2D eigenvalue weighted by molar-refractivity contribution is -0.146. The number of halogens is 2. The van der Waals surface area contributed by atoms with Gasteiger partial charge >= 0.3 is 12.1 Å². The van der Waals surface area contributed by atoms with E-state index >= 15 is 4.39 Å². The molecule has 0 aliphatic carbocycles. The first-order chi connectivity index (χ1) is 60.0. The molecule has 11 amide bonds. The number of pyridine rings is 1. The Bertz CT molecular complexity index is 4630. The number of aromatic nitrogens is 3. The molecule has 2 aromatic heterocycles. The van der Waals surface area contributed by atoms with Gasteiger partial charge in [-0.15, -0.1) is 0 Å². The van der Waals surface area contributed by atoms with Crippen molar-refractivity contribution in [3.05, 3.63) is 124 Å². The first-order valence-corrected chi connectivity index (χ1v) is 44.3. The topological polar surface area (TPSA) is 459 Å². The van der Waals surface area contributed by atoms with Crippen LogP contribution in [0.1, 0.15) is 167 Å². The molecule has 0 bridgehead atoms. The third kappa shape index (κ3) is 28.4. The van der Waals surface area contributed by atoms with Gasteiger partial charge in [-0.3, -0.25) is 43.3 Å². The number of aromatic amines is 1. The fourth-order valence-corrected chi connectivity index (χ4v) is 16.4. The Morgan fingerprint density at radius 2 is 1.48 bits per heavy atom. The van der Waals surface area contributed by atoms with E-state index in [0.717, 1.165) is 46.5 Å². The molecule has 33 nitrogen and oxygen atoms in total. The van der Waals surface area contributed by atoms with E-state index < -0.39 is 126 Å². The molecule has 11 atom stereocenters. The number of benzene rings is 4. The number of nitrogens with one attached hydrogen (secondary N) is 10. The maximum Gasteiger partial charge on any atom is 0.410 e. The summed E-state index contributed by atoms with van der Waals surface area (Å²) in [6, 6.07) is 16.9. The van der Waals surface area contributed by atoms with E-state index in [1.54, 1.807) is 84.8 Å². The van der Waals surface area contributed by atoms with Crippen molar-refractivity contribution in [3.63, 3.8) is 0 Å². The molecular formula is C91H133ClFN19O14. The molecule has 4 aromatic carbocycles. The number of amides is 11. The first-order valence-electron chi connectivity index (χ1n) is 43.9. The van der Waals surface area contributed by atoms with Gasteiger partial charge < -0.3 is 104 Å². The minimum absolute atomic E-state index is 0.0159. The number of imidazole rings is 1.